The SMILES string of the molecule is CCCCCCCCCC[N+](CCCCCCCCCC)(CCCCCCCCCC)CCCCCCCCCC.O=S(=O)([O-])O. The zero-order valence-corrected chi connectivity index (χ0v) is 32.8. The fourth-order valence-electron chi connectivity index (χ4n) is 7.00. The van der Waals surface area contributed by atoms with Crippen LogP contribution in [0.1, 0.15) is 233 Å². The van der Waals surface area contributed by atoms with Crippen LogP contribution in [0.3, 0.4) is 0 Å². The van der Waals surface area contributed by atoms with E-state index in [4.69, 9.17) is 17.5 Å². The minimum atomic E-state index is -4.92. The Bertz CT molecular complexity index is 577. The van der Waals surface area contributed by atoms with Crippen LogP contribution in [0.5, 0.6) is 0 Å². The first-order valence-corrected chi connectivity index (χ1v) is 22.1. The van der Waals surface area contributed by atoms with E-state index < -0.39 is 10.4 Å². The Balaban J connectivity index is 0. The molecule has 0 aliphatic heterocycles. The van der Waals surface area contributed by atoms with Crippen LogP contribution < -0.4 is 0 Å². The molecule has 0 aliphatic carbocycles. The summed E-state index contributed by atoms with van der Waals surface area (Å²) >= 11 is 0. The van der Waals surface area contributed by atoms with Crippen LogP contribution in [0.25, 0.3) is 0 Å². The van der Waals surface area contributed by atoms with Gasteiger partial charge in [0, 0.05) is 0 Å². The monoisotopic (exact) mass is 676 g/mol. The number of nitrogens with zero attached hydrogens (tertiary/aromatic N) is 1. The van der Waals surface area contributed by atoms with Gasteiger partial charge < -0.3 is 9.04 Å². The Hall–Kier alpha value is -0.170. The molecule has 0 amide bonds. The van der Waals surface area contributed by atoms with Gasteiger partial charge in [-0.3, -0.25) is 4.55 Å². The maximum atomic E-state index is 8.63. The summed E-state index contributed by atoms with van der Waals surface area (Å²) in [7, 11) is -4.92. The molecule has 46 heavy (non-hydrogen) atoms. The van der Waals surface area contributed by atoms with E-state index in [1.165, 1.54) is 236 Å². The fourth-order valence-corrected chi connectivity index (χ4v) is 7.00. The molecular weight excluding hydrogens is 591 g/mol. The molecule has 0 radical (unpaired) electrons. The van der Waals surface area contributed by atoms with Crippen LogP contribution in [-0.2, 0) is 10.4 Å². The van der Waals surface area contributed by atoms with Gasteiger partial charge in [-0.15, -0.1) is 0 Å². The predicted molar refractivity (Wildman–Crippen MR) is 202 cm³/mol. The molecule has 5 nitrogen and oxygen atoms in total. The molecule has 0 bridgehead atoms. The molecule has 0 rings (SSSR count). The van der Waals surface area contributed by atoms with Gasteiger partial charge in [0.1, 0.15) is 0 Å². The first-order chi connectivity index (χ1) is 22.2. The van der Waals surface area contributed by atoms with Crippen molar-refractivity contribution in [3.05, 3.63) is 0 Å². The van der Waals surface area contributed by atoms with Gasteiger partial charge in [-0.1, -0.05) is 182 Å². The van der Waals surface area contributed by atoms with Crippen molar-refractivity contribution in [1.82, 2.24) is 0 Å². The maximum Gasteiger partial charge on any atom is 0.215 e. The molecule has 6 heteroatoms. The first kappa shape index (κ1) is 47.9. The van der Waals surface area contributed by atoms with E-state index >= 15 is 0 Å². The minimum Gasteiger partial charge on any atom is -0.726 e. The van der Waals surface area contributed by atoms with E-state index in [1.54, 1.807) is 0 Å². The van der Waals surface area contributed by atoms with Gasteiger partial charge in [-0.05, 0) is 51.4 Å². The first-order valence-electron chi connectivity index (χ1n) is 20.8. The number of hydrogen-bond donors (Lipinski definition) is 1. The fraction of sp³-hybridized carbons (Fsp3) is 1.00. The minimum absolute atomic E-state index is 1.37. The lowest BCUT2D eigenvalue weighted by atomic mass is 10.0. The summed E-state index contributed by atoms with van der Waals surface area (Å²) < 4.78 is 34.3. The summed E-state index contributed by atoms with van der Waals surface area (Å²) in [6.07, 6.45) is 46.7. The van der Waals surface area contributed by atoms with Crippen molar-refractivity contribution in [2.24, 2.45) is 0 Å². The van der Waals surface area contributed by atoms with Gasteiger partial charge in [0.2, 0.25) is 10.4 Å². The van der Waals surface area contributed by atoms with E-state index in [0.717, 1.165) is 0 Å². The Morgan fingerprint density at radius 2 is 0.478 bits per heavy atom. The third-order valence-electron chi connectivity index (χ3n) is 9.94. The number of unbranched alkanes of at least 4 members (excludes halogenated alkanes) is 28. The zero-order chi connectivity index (χ0) is 34.5. The molecule has 0 aromatic rings. The van der Waals surface area contributed by atoms with E-state index in [9.17, 15) is 0 Å². The Morgan fingerprint density at radius 1 is 0.348 bits per heavy atom. The van der Waals surface area contributed by atoms with E-state index in [-0.39, 0.29) is 0 Å². The second kappa shape index (κ2) is 37.6. The number of quaternary nitrogens is 1. The summed E-state index contributed by atoms with van der Waals surface area (Å²) in [5.74, 6) is 0. The smallest absolute Gasteiger partial charge is 0.215 e. The Kier molecular flexibility index (Phi) is 39.2. The predicted octanol–water partition coefficient (Wildman–Crippen LogP) is 13.4. The molecule has 0 saturated heterocycles. The van der Waals surface area contributed by atoms with Crippen LogP contribution in [-0.4, -0.2) is 48.2 Å². The molecular formula is C40H85NO4S. The van der Waals surface area contributed by atoms with E-state index in [1.807, 2.05) is 0 Å². The Morgan fingerprint density at radius 3 is 0.630 bits per heavy atom. The quantitative estimate of drug-likeness (QED) is 0.0310. The van der Waals surface area contributed by atoms with Crippen LogP contribution in [0, 0.1) is 0 Å². The van der Waals surface area contributed by atoms with Crippen molar-refractivity contribution < 1.29 is 22.0 Å². The molecule has 0 fully saturated rings. The molecule has 0 atom stereocenters. The molecule has 280 valence electrons. The maximum absolute atomic E-state index is 8.63. The van der Waals surface area contributed by atoms with Crippen molar-refractivity contribution >= 4 is 10.4 Å². The van der Waals surface area contributed by atoms with Crippen LogP contribution in [0.15, 0.2) is 0 Å². The lowest BCUT2D eigenvalue weighted by Gasteiger charge is -2.40. The largest absolute Gasteiger partial charge is 0.726 e. The van der Waals surface area contributed by atoms with Crippen LogP contribution >= 0.6 is 0 Å². The highest BCUT2D eigenvalue weighted by molar-refractivity contribution is 7.79. The molecule has 0 aliphatic rings. The van der Waals surface area contributed by atoms with Crippen molar-refractivity contribution in [3.63, 3.8) is 0 Å². The highest BCUT2D eigenvalue weighted by Gasteiger charge is 2.25. The molecule has 0 unspecified atom stereocenters. The van der Waals surface area contributed by atoms with Crippen molar-refractivity contribution in [3.8, 4) is 0 Å². The summed E-state index contributed by atoms with van der Waals surface area (Å²) in [4.78, 5) is 0. The van der Waals surface area contributed by atoms with Crippen molar-refractivity contribution in [2.75, 3.05) is 26.2 Å². The van der Waals surface area contributed by atoms with Gasteiger partial charge in [0.05, 0.1) is 26.2 Å². The third-order valence-corrected chi connectivity index (χ3v) is 9.94. The second-order valence-corrected chi connectivity index (χ2v) is 15.4. The zero-order valence-electron chi connectivity index (χ0n) is 32.0. The van der Waals surface area contributed by atoms with Crippen LogP contribution in [0.2, 0.25) is 0 Å². The second-order valence-electron chi connectivity index (χ2n) is 14.6. The molecule has 0 aromatic heterocycles. The summed E-state index contributed by atoms with van der Waals surface area (Å²) in [5.41, 5.74) is 0. The highest BCUT2D eigenvalue weighted by Crippen LogP contribution is 2.21. The number of rotatable bonds is 36. The molecule has 0 saturated carbocycles. The van der Waals surface area contributed by atoms with Gasteiger partial charge >= 0.3 is 0 Å². The van der Waals surface area contributed by atoms with E-state index in [2.05, 4.69) is 27.7 Å². The average Bonchev–Trinajstić information content (AvgIpc) is 3.01. The number of hydrogen-bond acceptors (Lipinski definition) is 3. The van der Waals surface area contributed by atoms with Gasteiger partial charge in [0.15, 0.2) is 0 Å². The van der Waals surface area contributed by atoms with Gasteiger partial charge in [-0.25, -0.2) is 8.42 Å². The lowest BCUT2D eigenvalue weighted by molar-refractivity contribution is -0.929. The molecule has 0 spiro atoms. The molecule has 0 aromatic carbocycles. The Labute approximate surface area is 291 Å². The third kappa shape index (κ3) is 41.9. The molecule has 1 N–H and O–H groups in total. The summed E-state index contributed by atoms with van der Waals surface area (Å²) in [5, 5.41) is 0. The van der Waals surface area contributed by atoms with Gasteiger partial charge in [-0.2, -0.15) is 0 Å². The normalized spacial score (nSPS) is 12.0. The topological polar surface area (TPSA) is 77.4 Å². The van der Waals surface area contributed by atoms with E-state index in [0.29, 0.717) is 0 Å². The average molecular weight is 676 g/mol. The lowest BCUT2D eigenvalue weighted by Crippen LogP contribution is -2.50. The molecule has 0 heterocycles. The van der Waals surface area contributed by atoms with Crippen LogP contribution in [0.4, 0.5) is 0 Å². The van der Waals surface area contributed by atoms with Crippen molar-refractivity contribution in [1.29, 1.82) is 0 Å². The van der Waals surface area contributed by atoms with Crippen molar-refractivity contribution in [2.45, 2.75) is 233 Å². The summed E-state index contributed by atoms with van der Waals surface area (Å²) in [6.45, 7) is 15.3. The summed E-state index contributed by atoms with van der Waals surface area (Å²) in [6, 6.07) is 0. The van der Waals surface area contributed by atoms with Gasteiger partial charge in [0.25, 0.3) is 0 Å². The highest BCUT2D eigenvalue weighted by atomic mass is 32.3. The standard InChI is InChI=1S/C40H84N.H2O4S/c1-5-9-13-17-21-25-29-33-37-41(38-34-30-26-22-18-14-10-6-2,39-35-31-27-23-19-15-11-7-3)40-36-32-28-24-20-16-12-8-4;1-5(2,3)4/h5-40H2,1-4H3;(H2,1,2,3,4)/q+1;/p-1.